The van der Waals surface area contributed by atoms with Gasteiger partial charge in [-0.2, -0.15) is 0 Å². The van der Waals surface area contributed by atoms with Crippen molar-refractivity contribution < 1.29 is 14.4 Å². The minimum atomic E-state index is -0.625. The van der Waals surface area contributed by atoms with E-state index in [9.17, 15) is 14.4 Å². The fourth-order valence-corrected chi connectivity index (χ4v) is 5.16. The van der Waals surface area contributed by atoms with Gasteiger partial charge in [0.1, 0.15) is 0 Å². The number of amides is 3. The fraction of sp³-hybridized carbons (Fsp3) is 0.560. The summed E-state index contributed by atoms with van der Waals surface area (Å²) in [7, 11) is 0. The molecule has 1 unspecified atom stereocenters. The van der Waals surface area contributed by atoms with Crippen LogP contribution in [-0.2, 0) is 19.8 Å². The van der Waals surface area contributed by atoms with Gasteiger partial charge in [-0.3, -0.25) is 14.4 Å². The second-order valence-corrected chi connectivity index (χ2v) is 9.69. The molecule has 2 N–H and O–H groups in total. The molecule has 2 fully saturated rings. The van der Waals surface area contributed by atoms with Crippen molar-refractivity contribution in [3.8, 4) is 0 Å². The van der Waals surface area contributed by atoms with Crippen molar-refractivity contribution in [1.29, 1.82) is 0 Å². The topological polar surface area (TPSA) is 83.7 Å². The Kier molecular flexibility index (Phi) is 6.87. The van der Waals surface area contributed by atoms with Gasteiger partial charge in [0.25, 0.3) is 0 Å². The van der Waals surface area contributed by atoms with Crippen LogP contribution >= 0.6 is 0 Å². The molecule has 0 spiro atoms. The molecule has 0 saturated carbocycles. The molecule has 6 nitrogen and oxygen atoms in total. The van der Waals surface area contributed by atoms with E-state index in [2.05, 4.69) is 6.58 Å². The Labute approximate surface area is 185 Å². The van der Waals surface area contributed by atoms with Crippen molar-refractivity contribution in [2.45, 2.75) is 51.4 Å². The number of hydrogen-bond acceptors (Lipinski definition) is 3. The first-order valence-corrected chi connectivity index (χ1v) is 11.3. The molecule has 1 aromatic rings. The lowest BCUT2D eigenvalue weighted by Crippen LogP contribution is -2.55. The lowest BCUT2D eigenvalue weighted by Gasteiger charge is -2.45. The van der Waals surface area contributed by atoms with Crippen LogP contribution in [0.5, 0.6) is 0 Å². The molecule has 0 bridgehead atoms. The summed E-state index contributed by atoms with van der Waals surface area (Å²) in [6, 6.07) is 9.96. The summed E-state index contributed by atoms with van der Waals surface area (Å²) in [5.74, 6) is 0.0261. The van der Waals surface area contributed by atoms with Crippen LogP contribution in [0.2, 0.25) is 0 Å². The van der Waals surface area contributed by atoms with Crippen LogP contribution in [0.15, 0.2) is 43.0 Å². The highest BCUT2D eigenvalue weighted by Crippen LogP contribution is 2.39. The predicted molar refractivity (Wildman–Crippen MR) is 121 cm³/mol. The minimum Gasteiger partial charge on any atom is -0.369 e. The first-order chi connectivity index (χ1) is 14.7. The van der Waals surface area contributed by atoms with Gasteiger partial charge in [-0.05, 0) is 49.7 Å². The van der Waals surface area contributed by atoms with Crippen molar-refractivity contribution in [2.24, 2.45) is 17.1 Å². The Morgan fingerprint density at radius 2 is 1.77 bits per heavy atom. The summed E-state index contributed by atoms with van der Waals surface area (Å²) in [6.07, 6.45) is 5.16. The van der Waals surface area contributed by atoms with E-state index in [1.165, 1.54) is 6.08 Å². The summed E-state index contributed by atoms with van der Waals surface area (Å²) < 4.78 is 0. The molecular formula is C25H35N3O3. The van der Waals surface area contributed by atoms with Crippen molar-refractivity contribution in [1.82, 2.24) is 9.80 Å². The second-order valence-electron chi connectivity index (χ2n) is 9.69. The third-order valence-corrected chi connectivity index (χ3v) is 7.11. The maximum Gasteiger partial charge on any atom is 0.245 e. The zero-order valence-corrected chi connectivity index (χ0v) is 18.8. The number of nitrogens with two attached hydrogens (primary N) is 1. The maximum absolute atomic E-state index is 14.0. The zero-order valence-electron chi connectivity index (χ0n) is 18.8. The van der Waals surface area contributed by atoms with Gasteiger partial charge in [0.2, 0.25) is 17.7 Å². The molecule has 1 aromatic carbocycles. The van der Waals surface area contributed by atoms with E-state index >= 15 is 0 Å². The number of hydrogen-bond donors (Lipinski definition) is 1. The molecule has 0 radical (unpaired) electrons. The molecule has 3 amide bonds. The van der Waals surface area contributed by atoms with Crippen LogP contribution < -0.4 is 5.73 Å². The maximum atomic E-state index is 14.0. The van der Waals surface area contributed by atoms with Crippen molar-refractivity contribution >= 4 is 17.7 Å². The van der Waals surface area contributed by atoms with Crippen molar-refractivity contribution in [3.05, 3.63) is 48.6 Å². The van der Waals surface area contributed by atoms with E-state index in [1.807, 2.05) is 49.1 Å². The number of carbonyl (C=O) groups excluding carboxylic acids is 3. The summed E-state index contributed by atoms with van der Waals surface area (Å²) in [5.41, 5.74) is 5.40. The standard InChI is InChI=1S/C25H35N3O3/c1-4-21(29)27-15-12-25(13-16-27,20-10-6-5-7-11-20)23(31)28-14-8-9-19(18-28)17-24(2,3)22(26)30/h4-7,10-11,19H,1,8-9,12-18H2,2-3H3,(H2,26,30). The Morgan fingerprint density at radius 1 is 1.13 bits per heavy atom. The number of piperidine rings is 2. The minimum absolute atomic E-state index is 0.0826. The molecule has 168 valence electrons. The molecule has 0 aromatic heterocycles. The molecule has 6 heteroatoms. The predicted octanol–water partition coefficient (Wildman–Crippen LogP) is 2.87. The molecule has 2 aliphatic heterocycles. The van der Waals surface area contributed by atoms with E-state index in [0.29, 0.717) is 38.9 Å². The first kappa shape index (κ1) is 23.0. The highest BCUT2D eigenvalue weighted by atomic mass is 16.2. The quantitative estimate of drug-likeness (QED) is 0.712. The smallest absolute Gasteiger partial charge is 0.245 e. The number of likely N-dealkylation sites (tertiary alicyclic amines) is 2. The lowest BCUT2D eigenvalue weighted by molar-refractivity contribution is -0.143. The largest absolute Gasteiger partial charge is 0.369 e. The molecule has 2 saturated heterocycles. The van der Waals surface area contributed by atoms with Gasteiger partial charge < -0.3 is 15.5 Å². The van der Waals surface area contributed by atoms with E-state index in [0.717, 1.165) is 24.9 Å². The highest BCUT2D eigenvalue weighted by Gasteiger charge is 2.46. The van der Waals surface area contributed by atoms with Crippen molar-refractivity contribution in [3.63, 3.8) is 0 Å². The van der Waals surface area contributed by atoms with Gasteiger partial charge in [0, 0.05) is 31.6 Å². The number of primary amides is 1. The Hall–Kier alpha value is -2.63. The molecule has 31 heavy (non-hydrogen) atoms. The number of benzene rings is 1. The molecule has 2 heterocycles. The Morgan fingerprint density at radius 3 is 2.35 bits per heavy atom. The van der Waals surface area contributed by atoms with Gasteiger partial charge in [-0.15, -0.1) is 0 Å². The zero-order chi connectivity index (χ0) is 22.6. The third-order valence-electron chi connectivity index (χ3n) is 7.11. The summed E-state index contributed by atoms with van der Waals surface area (Å²) >= 11 is 0. The highest BCUT2D eigenvalue weighted by molar-refractivity contribution is 5.90. The molecule has 1 atom stereocenters. The van der Waals surface area contributed by atoms with Crippen LogP contribution in [0, 0.1) is 11.3 Å². The Bertz CT molecular complexity index is 826. The molecule has 2 aliphatic rings. The normalized spacial score (nSPS) is 21.4. The molecular weight excluding hydrogens is 390 g/mol. The van der Waals surface area contributed by atoms with Gasteiger partial charge in [-0.1, -0.05) is 50.8 Å². The summed E-state index contributed by atoms with van der Waals surface area (Å²) in [5, 5.41) is 0. The van der Waals surface area contributed by atoms with Crippen LogP contribution in [0.4, 0.5) is 0 Å². The molecule has 0 aliphatic carbocycles. The SMILES string of the molecule is C=CC(=O)N1CCC(C(=O)N2CCCC(CC(C)(C)C(N)=O)C2)(c2ccccc2)CC1. The Balaban J connectivity index is 1.82. The van der Waals surface area contributed by atoms with Crippen molar-refractivity contribution in [2.75, 3.05) is 26.2 Å². The van der Waals surface area contributed by atoms with E-state index in [-0.39, 0.29) is 23.6 Å². The van der Waals surface area contributed by atoms with Gasteiger partial charge >= 0.3 is 0 Å². The van der Waals surface area contributed by atoms with Crippen LogP contribution in [0.25, 0.3) is 0 Å². The second kappa shape index (κ2) is 9.25. The first-order valence-electron chi connectivity index (χ1n) is 11.3. The van der Waals surface area contributed by atoms with Gasteiger partial charge in [0.05, 0.1) is 5.41 Å². The monoisotopic (exact) mass is 425 g/mol. The fourth-order valence-electron chi connectivity index (χ4n) is 5.16. The van der Waals surface area contributed by atoms with Gasteiger partial charge in [0.15, 0.2) is 0 Å². The third kappa shape index (κ3) is 4.83. The average molecular weight is 426 g/mol. The van der Waals surface area contributed by atoms with Gasteiger partial charge in [-0.25, -0.2) is 0 Å². The average Bonchev–Trinajstić information content (AvgIpc) is 2.78. The number of nitrogens with zero attached hydrogens (tertiary/aromatic N) is 2. The van der Waals surface area contributed by atoms with E-state index in [1.54, 1.807) is 4.90 Å². The summed E-state index contributed by atoms with van der Waals surface area (Å²) in [6.45, 7) is 9.82. The number of carbonyl (C=O) groups is 3. The van der Waals surface area contributed by atoms with Crippen LogP contribution in [0.3, 0.4) is 0 Å². The summed E-state index contributed by atoms with van der Waals surface area (Å²) in [4.78, 5) is 41.6. The molecule has 3 rings (SSSR count). The van der Waals surface area contributed by atoms with Crippen LogP contribution in [-0.4, -0.2) is 53.7 Å². The van der Waals surface area contributed by atoms with Crippen LogP contribution in [0.1, 0.15) is 51.5 Å². The van der Waals surface area contributed by atoms with E-state index < -0.39 is 10.8 Å². The lowest BCUT2D eigenvalue weighted by atomic mass is 9.71. The number of rotatable bonds is 6. The van der Waals surface area contributed by atoms with E-state index in [4.69, 9.17) is 5.73 Å².